The summed E-state index contributed by atoms with van der Waals surface area (Å²) in [4.78, 5) is 2.64. The molecule has 21 heavy (non-hydrogen) atoms. The number of hydrogen-bond donors (Lipinski definition) is 0. The predicted molar refractivity (Wildman–Crippen MR) is 91.9 cm³/mol. The van der Waals surface area contributed by atoms with Gasteiger partial charge in [0.25, 0.3) is 0 Å². The van der Waals surface area contributed by atoms with E-state index in [2.05, 4.69) is 56.7 Å². The molecule has 0 N–H and O–H groups in total. The lowest BCUT2D eigenvalue weighted by Gasteiger charge is -2.37. The molecule has 3 nitrogen and oxygen atoms in total. The van der Waals surface area contributed by atoms with Crippen LogP contribution in [-0.2, 0) is 13.1 Å². The zero-order chi connectivity index (χ0) is 14.7. The summed E-state index contributed by atoms with van der Waals surface area (Å²) < 4.78 is 2.13. The highest BCUT2D eigenvalue weighted by atomic mass is 79.9. The van der Waals surface area contributed by atoms with Gasteiger partial charge in [-0.3, -0.25) is 9.58 Å². The fourth-order valence-electron chi connectivity index (χ4n) is 3.15. The van der Waals surface area contributed by atoms with Crippen LogP contribution in [-0.4, -0.2) is 32.6 Å². The quantitative estimate of drug-likeness (QED) is 0.698. The number of nitrogens with zero attached hydrogens (tertiary/aromatic N) is 3. The predicted octanol–water partition coefficient (Wildman–Crippen LogP) is 4.20. The van der Waals surface area contributed by atoms with Gasteiger partial charge in [0, 0.05) is 29.8 Å². The molecule has 0 bridgehead atoms. The topological polar surface area (TPSA) is 21.1 Å². The van der Waals surface area contributed by atoms with Gasteiger partial charge >= 0.3 is 0 Å². The highest BCUT2D eigenvalue weighted by molar-refractivity contribution is 9.09. The Balaban J connectivity index is 1.84. The minimum absolute atomic E-state index is 0.773. The lowest BCUT2D eigenvalue weighted by Crippen LogP contribution is -2.40. The van der Waals surface area contributed by atoms with Crippen LogP contribution in [0.5, 0.6) is 0 Å². The van der Waals surface area contributed by atoms with Crippen molar-refractivity contribution in [3.63, 3.8) is 0 Å². The van der Waals surface area contributed by atoms with E-state index in [9.17, 15) is 0 Å². The molecule has 0 radical (unpaired) electrons. The zero-order valence-electron chi connectivity index (χ0n) is 12.8. The van der Waals surface area contributed by atoms with Crippen molar-refractivity contribution in [2.24, 2.45) is 0 Å². The van der Waals surface area contributed by atoms with Crippen molar-refractivity contribution in [3.8, 4) is 0 Å². The summed E-state index contributed by atoms with van der Waals surface area (Å²) in [5.41, 5.74) is 2.51. The van der Waals surface area contributed by atoms with Gasteiger partial charge in [0.2, 0.25) is 0 Å². The molecule has 1 fully saturated rings. The van der Waals surface area contributed by atoms with Crippen LogP contribution in [0, 0.1) is 0 Å². The maximum absolute atomic E-state index is 4.86. The number of fused-ring (bicyclic) bond motifs is 1. The molecule has 0 spiro atoms. The Morgan fingerprint density at radius 2 is 2.14 bits per heavy atom. The maximum atomic E-state index is 4.86. The van der Waals surface area contributed by atoms with Crippen molar-refractivity contribution in [1.82, 2.24) is 14.7 Å². The highest BCUT2D eigenvalue weighted by Gasteiger charge is 2.25. The van der Waals surface area contributed by atoms with E-state index in [4.69, 9.17) is 5.10 Å². The van der Waals surface area contributed by atoms with E-state index in [1.165, 1.54) is 48.8 Å². The minimum Gasteiger partial charge on any atom is -0.294 e. The standard InChI is InChI=1S/C17H24BrN3/c1-2-21-17-10-4-3-9-15(17)16(19-21)13-20(12-6-11-18)14-7-5-8-14/h3-4,9-10,14H,2,5-8,11-13H2,1H3. The second-order valence-corrected chi connectivity index (χ2v) is 6.67. The molecular weight excluding hydrogens is 326 g/mol. The normalized spacial score (nSPS) is 15.8. The molecule has 4 heteroatoms. The van der Waals surface area contributed by atoms with Gasteiger partial charge in [0.1, 0.15) is 0 Å². The molecule has 0 saturated heterocycles. The smallest absolute Gasteiger partial charge is 0.0843 e. The number of benzene rings is 1. The van der Waals surface area contributed by atoms with Gasteiger partial charge in [0.05, 0.1) is 11.2 Å². The van der Waals surface area contributed by atoms with Gasteiger partial charge in [-0.1, -0.05) is 40.5 Å². The number of hydrogen-bond acceptors (Lipinski definition) is 2. The third-order valence-electron chi connectivity index (χ3n) is 4.56. The summed E-state index contributed by atoms with van der Waals surface area (Å²) in [5.74, 6) is 0. The zero-order valence-corrected chi connectivity index (χ0v) is 14.3. The van der Waals surface area contributed by atoms with Crippen molar-refractivity contribution < 1.29 is 0 Å². The number of alkyl halides is 1. The van der Waals surface area contributed by atoms with E-state index >= 15 is 0 Å². The van der Waals surface area contributed by atoms with Crippen molar-refractivity contribution in [2.45, 2.75) is 51.7 Å². The molecule has 2 aromatic rings. The van der Waals surface area contributed by atoms with E-state index in [0.29, 0.717) is 0 Å². The molecule has 1 saturated carbocycles. The van der Waals surface area contributed by atoms with Crippen LogP contribution in [0.25, 0.3) is 10.9 Å². The lowest BCUT2D eigenvalue weighted by atomic mass is 9.91. The van der Waals surface area contributed by atoms with Crippen molar-refractivity contribution in [1.29, 1.82) is 0 Å². The Kier molecular flexibility index (Phi) is 4.96. The van der Waals surface area contributed by atoms with E-state index in [0.717, 1.165) is 24.5 Å². The summed E-state index contributed by atoms with van der Waals surface area (Å²) in [6.07, 6.45) is 5.31. The van der Waals surface area contributed by atoms with E-state index < -0.39 is 0 Å². The number of rotatable bonds is 7. The van der Waals surface area contributed by atoms with Crippen LogP contribution < -0.4 is 0 Å². The minimum atomic E-state index is 0.773. The summed E-state index contributed by atoms with van der Waals surface area (Å²) >= 11 is 3.56. The molecule has 0 amide bonds. The van der Waals surface area contributed by atoms with Gasteiger partial charge in [-0.05, 0) is 38.8 Å². The molecular formula is C17H24BrN3. The van der Waals surface area contributed by atoms with E-state index in [-0.39, 0.29) is 0 Å². The fourth-order valence-corrected chi connectivity index (χ4v) is 3.40. The second-order valence-electron chi connectivity index (χ2n) is 5.88. The van der Waals surface area contributed by atoms with Crippen LogP contribution in [0.15, 0.2) is 24.3 Å². The lowest BCUT2D eigenvalue weighted by molar-refractivity contribution is 0.119. The second kappa shape index (κ2) is 6.93. The summed E-state index contributed by atoms with van der Waals surface area (Å²) in [7, 11) is 0. The molecule has 1 aromatic carbocycles. The Morgan fingerprint density at radius 3 is 2.81 bits per heavy atom. The van der Waals surface area contributed by atoms with Crippen LogP contribution in [0.4, 0.5) is 0 Å². The van der Waals surface area contributed by atoms with Crippen LogP contribution in [0.3, 0.4) is 0 Å². The van der Waals surface area contributed by atoms with Crippen molar-refractivity contribution >= 4 is 26.8 Å². The highest BCUT2D eigenvalue weighted by Crippen LogP contribution is 2.28. The first-order valence-corrected chi connectivity index (χ1v) is 9.20. The molecule has 1 heterocycles. The SMILES string of the molecule is CCn1nc(CN(CCCBr)C2CCC2)c2ccccc21. The van der Waals surface area contributed by atoms with Crippen LogP contribution in [0.2, 0.25) is 0 Å². The molecule has 0 unspecified atom stereocenters. The Hall–Kier alpha value is -0.870. The van der Waals surface area contributed by atoms with Crippen molar-refractivity contribution in [3.05, 3.63) is 30.0 Å². The van der Waals surface area contributed by atoms with E-state index in [1.807, 2.05) is 0 Å². The Labute approximate surface area is 135 Å². The van der Waals surface area contributed by atoms with Crippen LogP contribution >= 0.6 is 15.9 Å². The summed E-state index contributed by atoms with van der Waals surface area (Å²) in [5, 5.41) is 7.27. The van der Waals surface area contributed by atoms with Gasteiger partial charge in [-0.15, -0.1) is 0 Å². The van der Waals surface area contributed by atoms with Crippen molar-refractivity contribution in [2.75, 3.05) is 11.9 Å². The first-order valence-electron chi connectivity index (χ1n) is 8.08. The monoisotopic (exact) mass is 349 g/mol. The average molecular weight is 350 g/mol. The molecule has 0 aliphatic heterocycles. The Bertz CT molecular complexity index is 589. The first-order chi connectivity index (χ1) is 10.3. The number of aryl methyl sites for hydroxylation is 1. The molecule has 1 aromatic heterocycles. The number of para-hydroxylation sites is 1. The van der Waals surface area contributed by atoms with Gasteiger partial charge < -0.3 is 0 Å². The number of aromatic nitrogens is 2. The fraction of sp³-hybridized carbons (Fsp3) is 0.588. The molecule has 3 rings (SSSR count). The summed E-state index contributed by atoms with van der Waals surface area (Å²) in [6.45, 7) is 5.26. The largest absolute Gasteiger partial charge is 0.294 e. The van der Waals surface area contributed by atoms with Gasteiger partial charge in [-0.25, -0.2) is 0 Å². The third kappa shape index (κ3) is 3.16. The molecule has 0 atom stereocenters. The molecule has 114 valence electrons. The number of halogens is 1. The molecule has 1 aliphatic carbocycles. The first kappa shape index (κ1) is 15.0. The maximum Gasteiger partial charge on any atom is 0.0843 e. The third-order valence-corrected chi connectivity index (χ3v) is 5.12. The summed E-state index contributed by atoms with van der Waals surface area (Å²) in [6, 6.07) is 9.40. The Morgan fingerprint density at radius 1 is 1.33 bits per heavy atom. The van der Waals surface area contributed by atoms with Crippen LogP contribution in [0.1, 0.15) is 38.3 Å². The molecule has 1 aliphatic rings. The average Bonchev–Trinajstić information content (AvgIpc) is 2.81. The van der Waals surface area contributed by atoms with Gasteiger partial charge in [-0.2, -0.15) is 5.10 Å². The van der Waals surface area contributed by atoms with E-state index in [1.54, 1.807) is 0 Å². The van der Waals surface area contributed by atoms with Gasteiger partial charge in [0.15, 0.2) is 0 Å².